The topological polar surface area (TPSA) is 62.7 Å². The third-order valence-corrected chi connectivity index (χ3v) is 4.59. The van der Waals surface area contributed by atoms with Crippen LogP contribution in [0.2, 0.25) is 5.02 Å². The fourth-order valence-electron chi connectivity index (χ4n) is 1.97. The minimum absolute atomic E-state index is 0.249. The number of aliphatic hydroxyl groups is 1. The molecule has 0 saturated carbocycles. The van der Waals surface area contributed by atoms with E-state index in [4.69, 9.17) is 16.3 Å². The summed E-state index contributed by atoms with van der Waals surface area (Å²) in [4.78, 5) is 18.8. The first-order valence-corrected chi connectivity index (χ1v) is 8.05. The van der Waals surface area contributed by atoms with Gasteiger partial charge in [-0.05, 0) is 25.1 Å². The second-order valence-electron chi connectivity index (χ2n) is 4.79. The Morgan fingerprint density at radius 3 is 2.91 bits per heavy atom. The number of amides is 1. The minimum Gasteiger partial charge on any atom is -0.495 e. The molecule has 2 rings (SSSR count). The number of anilines is 1. The van der Waals surface area contributed by atoms with E-state index in [1.54, 1.807) is 36.2 Å². The number of rotatable bonds is 6. The number of benzene rings is 1. The lowest BCUT2D eigenvalue weighted by molar-refractivity contribution is -0.114. The predicted molar refractivity (Wildman–Crippen MR) is 92.1 cm³/mol. The summed E-state index contributed by atoms with van der Waals surface area (Å²) in [5.41, 5.74) is 0.642. The van der Waals surface area contributed by atoms with Gasteiger partial charge in [0.1, 0.15) is 16.9 Å². The maximum atomic E-state index is 12.2. The summed E-state index contributed by atoms with van der Waals surface area (Å²) in [6, 6.07) is 5.11. The fourth-order valence-corrected chi connectivity index (χ4v) is 3.01. The standard InChI is InChI=1S/C16H17ClN2O3S/c1-4-15(21)19(9-12-8-18-16(23-12)10(2)20)11-5-6-13(17)14(7-11)22-3/h4-8,10,20H,1,9H2,2-3H3. The number of aliphatic hydroxyl groups excluding tert-OH is 1. The van der Waals surface area contributed by atoms with Crippen LogP contribution in [0.1, 0.15) is 22.9 Å². The van der Waals surface area contributed by atoms with Gasteiger partial charge in [0, 0.05) is 22.8 Å². The molecule has 122 valence electrons. The molecule has 1 aromatic carbocycles. The Bertz CT molecular complexity index is 715. The Labute approximate surface area is 143 Å². The molecule has 5 nitrogen and oxygen atoms in total. The van der Waals surface area contributed by atoms with Gasteiger partial charge in [-0.15, -0.1) is 11.3 Å². The van der Waals surface area contributed by atoms with Gasteiger partial charge in [0.05, 0.1) is 18.7 Å². The number of aromatic nitrogens is 1. The third kappa shape index (κ3) is 4.10. The van der Waals surface area contributed by atoms with Crippen molar-refractivity contribution in [1.82, 2.24) is 4.98 Å². The second-order valence-corrected chi connectivity index (χ2v) is 6.34. The lowest BCUT2D eigenvalue weighted by Crippen LogP contribution is -2.28. The molecule has 1 atom stereocenters. The molecule has 1 amide bonds. The van der Waals surface area contributed by atoms with Gasteiger partial charge in [0.25, 0.3) is 5.91 Å². The second kappa shape index (κ2) is 7.59. The van der Waals surface area contributed by atoms with E-state index in [1.807, 2.05) is 0 Å². The van der Waals surface area contributed by atoms with Gasteiger partial charge in [-0.3, -0.25) is 4.79 Å². The highest BCUT2D eigenvalue weighted by Gasteiger charge is 2.17. The molecule has 0 bridgehead atoms. The molecule has 2 aromatic rings. The van der Waals surface area contributed by atoms with Crippen LogP contribution in [0.3, 0.4) is 0 Å². The summed E-state index contributed by atoms with van der Waals surface area (Å²) in [6.07, 6.45) is 2.27. The van der Waals surface area contributed by atoms with Gasteiger partial charge in [0.2, 0.25) is 0 Å². The highest BCUT2D eigenvalue weighted by Crippen LogP contribution is 2.31. The zero-order valence-electron chi connectivity index (χ0n) is 12.8. The number of methoxy groups -OCH3 is 1. The van der Waals surface area contributed by atoms with E-state index in [-0.39, 0.29) is 5.91 Å². The van der Waals surface area contributed by atoms with Crippen LogP contribution in [-0.4, -0.2) is 23.1 Å². The van der Waals surface area contributed by atoms with Crippen molar-refractivity contribution >= 4 is 34.5 Å². The number of hydrogen-bond donors (Lipinski definition) is 1. The lowest BCUT2D eigenvalue weighted by Gasteiger charge is -2.21. The molecule has 23 heavy (non-hydrogen) atoms. The zero-order valence-corrected chi connectivity index (χ0v) is 14.4. The van der Waals surface area contributed by atoms with Crippen molar-refractivity contribution in [3.63, 3.8) is 0 Å². The molecule has 1 heterocycles. The van der Waals surface area contributed by atoms with E-state index in [9.17, 15) is 9.90 Å². The normalized spacial score (nSPS) is 11.8. The van der Waals surface area contributed by atoms with E-state index in [0.717, 1.165) is 4.88 Å². The van der Waals surface area contributed by atoms with Crippen LogP contribution < -0.4 is 9.64 Å². The van der Waals surface area contributed by atoms with Gasteiger partial charge in [-0.1, -0.05) is 18.2 Å². The van der Waals surface area contributed by atoms with Crippen molar-refractivity contribution < 1.29 is 14.6 Å². The first-order chi connectivity index (χ1) is 11.0. The van der Waals surface area contributed by atoms with Crippen molar-refractivity contribution in [1.29, 1.82) is 0 Å². The van der Waals surface area contributed by atoms with Gasteiger partial charge in [-0.25, -0.2) is 4.98 Å². The zero-order chi connectivity index (χ0) is 17.0. The van der Waals surface area contributed by atoms with Crippen LogP contribution in [0.5, 0.6) is 5.75 Å². The van der Waals surface area contributed by atoms with Crippen molar-refractivity contribution in [2.75, 3.05) is 12.0 Å². The molecule has 0 aliphatic rings. The Kier molecular flexibility index (Phi) is 5.76. The average molecular weight is 353 g/mol. The van der Waals surface area contributed by atoms with Crippen molar-refractivity contribution in [3.8, 4) is 5.75 Å². The maximum absolute atomic E-state index is 12.2. The SMILES string of the molecule is C=CC(=O)N(Cc1cnc(C(C)O)s1)c1ccc(Cl)c(OC)c1. The Morgan fingerprint density at radius 1 is 1.61 bits per heavy atom. The van der Waals surface area contributed by atoms with Crippen LogP contribution in [0, 0.1) is 0 Å². The van der Waals surface area contributed by atoms with E-state index in [2.05, 4.69) is 11.6 Å². The summed E-state index contributed by atoms with van der Waals surface area (Å²) >= 11 is 7.39. The number of ether oxygens (including phenoxy) is 1. The molecule has 1 aromatic heterocycles. The number of halogens is 1. The summed E-state index contributed by atoms with van der Waals surface area (Å²) in [6.45, 7) is 5.51. The van der Waals surface area contributed by atoms with Crippen LogP contribution >= 0.6 is 22.9 Å². The third-order valence-electron chi connectivity index (χ3n) is 3.13. The number of thiazole rings is 1. The maximum Gasteiger partial charge on any atom is 0.250 e. The quantitative estimate of drug-likeness (QED) is 0.807. The molecule has 0 fully saturated rings. The number of nitrogens with zero attached hydrogens (tertiary/aromatic N) is 2. The van der Waals surface area contributed by atoms with E-state index in [1.165, 1.54) is 24.5 Å². The molecule has 0 aliphatic carbocycles. The molecule has 1 unspecified atom stereocenters. The van der Waals surface area contributed by atoms with Gasteiger partial charge < -0.3 is 14.7 Å². The van der Waals surface area contributed by atoms with Gasteiger partial charge in [0.15, 0.2) is 0 Å². The molecule has 0 radical (unpaired) electrons. The fraction of sp³-hybridized carbons (Fsp3) is 0.250. The Hall–Kier alpha value is -1.89. The molecule has 7 heteroatoms. The van der Waals surface area contributed by atoms with Crippen LogP contribution in [0.15, 0.2) is 37.1 Å². The molecule has 0 spiro atoms. The van der Waals surface area contributed by atoms with Crippen LogP contribution in [0.25, 0.3) is 0 Å². The molecule has 1 N–H and O–H groups in total. The minimum atomic E-state index is -0.632. The summed E-state index contributed by atoms with van der Waals surface area (Å²) in [5, 5.41) is 10.6. The number of hydrogen-bond acceptors (Lipinski definition) is 5. The highest BCUT2D eigenvalue weighted by molar-refractivity contribution is 7.11. The molecule has 0 aliphatic heterocycles. The molecular weight excluding hydrogens is 336 g/mol. The summed E-state index contributed by atoms with van der Waals surface area (Å²) < 4.78 is 5.20. The Balaban J connectivity index is 2.33. The number of carbonyl (C=O) groups excluding carboxylic acids is 1. The highest BCUT2D eigenvalue weighted by atomic mass is 35.5. The van der Waals surface area contributed by atoms with E-state index < -0.39 is 6.10 Å². The Morgan fingerprint density at radius 2 is 2.35 bits per heavy atom. The van der Waals surface area contributed by atoms with Crippen LogP contribution in [-0.2, 0) is 11.3 Å². The van der Waals surface area contributed by atoms with E-state index in [0.29, 0.717) is 28.0 Å². The lowest BCUT2D eigenvalue weighted by atomic mass is 10.2. The van der Waals surface area contributed by atoms with Crippen molar-refractivity contribution in [3.05, 3.63) is 52.0 Å². The predicted octanol–water partition coefficient (Wildman–Crippen LogP) is 3.58. The van der Waals surface area contributed by atoms with Gasteiger partial charge >= 0.3 is 0 Å². The largest absolute Gasteiger partial charge is 0.495 e. The number of carbonyl (C=O) groups is 1. The van der Waals surface area contributed by atoms with Crippen molar-refractivity contribution in [2.24, 2.45) is 0 Å². The smallest absolute Gasteiger partial charge is 0.250 e. The first-order valence-electron chi connectivity index (χ1n) is 6.86. The van der Waals surface area contributed by atoms with Crippen molar-refractivity contribution in [2.45, 2.75) is 19.6 Å². The molecular formula is C16H17ClN2O3S. The van der Waals surface area contributed by atoms with Gasteiger partial charge in [-0.2, -0.15) is 0 Å². The average Bonchev–Trinajstić information content (AvgIpc) is 3.01. The summed E-state index contributed by atoms with van der Waals surface area (Å²) in [7, 11) is 1.52. The first kappa shape index (κ1) is 17.5. The monoisotopic (exact) mass is 352 g/mol. The van der Waals surface area contributed by atoms with E-state index >= 15 is 0 Å². The van der Waals surface area contributed by atoms with Crippen LogP contribution in [0.4, 0.5) is 5.69 Å². The molecule has 0 saturated heterocycles. The summed E-state index contributed by atoms with van der Waals surface area (Å²) in [5.74, 6) is 0.237.